The lowest BCUT2D eigenvalue weighted by Crippen LogP contribution is -2.30. The zero-order chi connectivity index (χ0) is 78.1. The zero-order valence-corrected chi connectivity index (χ0v) is 71.9. The Morgan fingerprint density at radius 2 is 0.453 bits per heavy atom. The van der Waals surface area contributed by atoms with Gasteiger partial charge in [-0.1, -0.05) is 402 Å². The molecule has 0 radical (unpaired) electrons. The Morgan fingerprint density at radius 1 is 0.264 bits per heavy atom. The second-order valence-corrected chi connectivity index (χ2v) is 35.6. The molecule has 19 heteroatoms. The van der Waals surface area contributed by atoms with E-state index in [9.17, 15) is 43.2 Å². The van der Waals surface area contributed by atoms with Crippen LogP contribution >= 0.6 is 15.6 Å². The van der Waals surface area contributed by atoms with Crippen LogP contribution < -0.4 is 0 Å². The van der Waals surface area contributed by atoms with Crippen LogP contribution in [0.1, 0.15) is 453 Å². The Bertz CT molecular complexity index is 2060. The van der Waals surface area contributed by atoms with Crippen LogP contribution in [0.5, 0.6) is 0 Å². The molecule has 0 aromatic carbocycles. The summed E-state index contributed by atoms with van der Waals surface area (Å²) in [4.78, 5) is 73.2. The monoisotopic (exact) mass is 1550 g/mol. The maximum absolute atomic E-state index is 13.2. The Hall–Kier alpha value is -1.94. The minimum Gasteiger partial charge on any atom is -0.462 e. The molecule has 5 unspecified atom stereocenters. The van der Waals surface area contributed by atoms with Crippen LogP contribution in [0.25, 0.3) is 0 Å². The summed E-state index contributed by atoms with van der Waals surface area (Å²) < 4.78 is 68.8. The molecule has 0 aromatic heterocycles. The summed E-state index contributed by atoms with van der Waals surface area (Å²) in [7, 11) is -9.93. The van der Waals surface area contributed by atoms with Crippen LogP contribution in [0.3, 0.4) is 0 Å². The number of aliphatic hydroxyl groups excluding tert-OH is 1. The van der Waals surface area contributed by atoms with E-state index >= 15 is 0 Å². The molecule has 7 atom stereocenters. The smallest absolute Gasteiger partial charge is 0.462 e. The Labute approximate surface area is 651 Å². The maximum Gasteiger partial charge on any atom is 0.472 e. The number of hydrogen-bond acceptors (Lipinski definition) is 15. The molecule has 0 bridgehead atoms. The molecular formula is C87H170O17P2. The number of carbonyl (C=O) groups is 4. The van der Waals surface area contributed by atoms with Crippen molar-refractivity contribution in [3.63, 3.8) is 0 Å². The third kappa shape index (κ3) is 77.4. The van der Waals surface area contributed by atoms with E-state index in [4.69, 9.17) is 37.0 Å². The predicted molar refractivity (Wildman–Crippen MR) is 437 cm³/mol. The topological polar surface area (TPSA) is 237 Å². The van der Waals surface area contributed by atoms with Gasteiger partial charge in [-0.05, 0) is 49.4 Å². The summed E-state index contributed by atoms with van der Waals surface area (Å²) in [6.45, 7) is 14.3. The molecule has 0 aliphatic heterocycles. The molecule has 0 amide bonds. The minimum atomic E-state index is -4.97. The standard InChI is InChI=1S/C87H170O17P2/c1-9-79(7)65-57-49-41-31-27-23-19-15-11-13-17-21-25-29-33-43-51-59-67-84(89)97-73-82(103-86(91)69-61-53-45-34-30-26-22-18-14-12-16-20-24-28-32-42-50-58-66-80(8)10-2)75-101-105(93,94)99-71-81(88)72-100-106(95,96)102-76-83(104-87(92)70-62-54-46-38-36-40-48-56-64-78(5)6)74-98-85(90)68-60-52-44-37-35-39-47-55-63-77(3)4/h77-83,88H,9-76H2,1-8H3,(H,93,94)(H,95,96)/t79?,80?,81?,82-,83-/m1/s1. The predicted octanol–water partition coefficient (Wildman–Crippen LogP) is 26.3. The van der Waals surface area contributed by atoms with Gasteiger partial charge in [-0.25, -0.2) is 9.13 Å². The summed E-state index contributed by atoms with van der Waals surface area (Å²) in [5.74, 6) is 1.08. The highest BCUT2D eigenvalue weighted by Gasteiger charge is 2.31. The quantitative estimate of drug-likeness (QED) is 0.0222. The van der Waals surface area contributed by atoms with E-state index in [1.807, 2.05) is 0 Å². The van der Waals surface area contributed by atoms with Crippen LogP contribution in [0.2, 0.25) is 0 Å². The number of aliphatic hydroxyl groups is 1. The van der Waals surface area contributed by atoms with E-state index in [-0.39, 0.29) is 25.7 Å². The summed E-state index contributed by atoms with van der Waals surface area (Å²) in [6.07, 6.45) is 65.5. The number of phosphoric acid groups is 2. The molecule has 0 aromatic rings. The Balaban J connectivity index is 5.19. The number of hydrogen-bond donors (Lipinski definition) is 3. The number of unbranched alkanes of at least 4 members (excludes halogenated alkanes) is 48. The summed E-state index contributed by atoms with van der Waals surface area (Å²) in [6, 6.07) is 0. The van der Waals surface area contributed by atoms with Gasteiger partial charge in [0, 0.05) is 25.7 Å². The first kappa shape index (κ1) is 104. The normalized spacial score (nSPS) is 14.4. The fourth-order valence-electron chi connectivity index (χ4n) is 13.4. The number of esters is 4. The molecule has 106 heavy (non-hydrogen) atoms. The molecule has 0 fully saturated rings. The van der Waals surface area contributed by atoms with Gasteiger partial charge in [-0.2, -0.15) is 0 Å². The molecule has 0 rings (SSSR count). The molecular weight excluding hydrogens is 1380 g/mol. The number of rotatable bonds is 84. The van der Waals surface area contributed by atoms with Gasteiger partial charge in [-0.3, -0.25) is 37.3 Å². The highest BCUT2D eigenvalue weighted by molar-refractivity contribution is 7.47. The van der Waals surface area contributed by atoms with Crippen LogP contribution in [-0.4, -0.2) is 96.7 Å². The van der Waals surface area contributed by atoms with Crippen molar-refractivity contribution in [2.45, 2.75) is 472 Å². The highest BCUT2D eigenvalue weighted by Crippen LogP contribution is 2.45. The van der Waals surface area contributed by atoms with E-state index in [1.54, 1.807) is 0 Å². The van der Waals surface area contributed by atoms with Gasteiger partial charge in [0.05, 0.1) is 26.4 Å². The van der Waals surface area contributed by atoms with Crippen molar-refractivity contribution in [1.29, 1.82) is 0 Å². The van der Waals surface area contributed by atoms with E-state index in [0.29, 0.717) is 31.6 Å². The third-order valence-corrected chi connectivity index (χ3v) is 22.9. The Morgan fingerprint density at radius 3 is 0.670 bits per heavy atom. The van der Waals surface area contributed by atoms with Crippen LogP contribution in [0.15, 0.2) is 0 Å². The van der Waals surface area contributed by atoms with Gasteiger partial charge in [0.15, 0.2) is 12.2 Å². The summed E-state index contributed by atoms with van der Waals surface area (Å²) in [5, 5.41) is 10.7. The number of carbonyl (C=O) groups excluding carboxylic acids is 4. The van der Waals surface area contributed by atoms with Crippen molar-refractivity contribution >= 4 is 39.5 Å². The van der Waals surface area contributed by atoms with Crippen molar-refractivity contribution < 1.29 is 80.2 Å². The van der Waals surface area contributed by atoms with Crippen LogP contribution in [0.4, 0.5) is 0 Å². The van der Waals surface area contributed by atoms with Crippen LogP contribution in [0, 0.1) is 23.7 Å². The van der Waals surface area contributed by atoms with E-state index in [1.165, 1.54) is 257 Å². The molecule has 0 saturated heterocycles. The Kier molecular flexibility index (Phi) is 74.3. The summed E-state index contributed by atoms with van der Waals surface area (Å²) in [5.41, 5.74) is 0. The van der Waals surface area contributed by atoms with Gasteiger partial charge >= 0.3 is 39.5 Å². The molecule has 3 N–H and O–H groups in total. The van der Waals surface area contributed by atoms with Crippen molar-refractivity contribution in [3.05, 3.63) is 0 Å². The van der Waals surface area contributed by atoms with Crippen molar-refractivity contribution in [1.82, 2.24) is 0 Å². The molecule has 0 spiro atoms. The van der Waals surface area contributed by atoms with E-state index in [0.717, 1.165) is 108 Å². The molecule has 0 aliphatic carbocycles. The number of phosphoric ester groups is 2. The molecule has 0 saturated carbocycles. The zero-order valence-electron chi connectivity index (χ0n) is 70.1. The lowest BCUT2D eigenvalue weighted by atomic mass is 9.99. The largest absolute Gasteiger partial charge is 0.472 e. The lowest BCUT2D eigenvalue weighted by molar-refractivity contribution is -0.161. The van der Waals surface area contributed by atoms with Crippen molar-refractivity contribution in [2.75, 3.05) is 39.6 Å². The fraction of sp³-hybridized carbons (Fsp3) is 0.954. The first-order valence-electron chi connectivity index (χ1n) is 44.8. The van der Waals surface area contributed by atoms with E-state index < -0.39 is 97.5 Å². The first-order chi connectivity index (χ1) is 51.2. The molecule has 630 valence electrons. The minimum absolute atomic E-state index is 0.104. The highest BCUT2D eigenvalue weighted by atomic mass is 31.2. The van der Waals surface area contributed by atoms with Crippen molar-refractivity contribution in [3.8, 4) is 0 Å². The average molecular weight is 1550 g/mol. The lowest BCUT2D eigenvalue weighted by Gasteiger charge is -2.21. The second-order valence-electron chi connectivity index (χ2n) is 32.7. The molecule has 17 nitrogen and oxygen atoms in total. The average Bonchev–Trinajstić information content (AvgIpc) is 0.900. The SMILES string of the molecule is CCC(C)CCCCCCCCCCCCCCCCCCCCC(=O)OC[C@H](COP(=O)(O)OCC(O)COP(=O)(O)OC[C@@H](COC(=O)CCCCCCCCCCC(C)C)OC(=O)CCCCCCCCCCC(C)C)OC(=O)CCCCCCCCCCCCCCCCCCCCC(C)CC. The fourth-order valence-corrected chi connectivity index (χ4v) is 15.0. The number of ether oxygens (including phenoxy) is 4. The maximum atomic E-state index is 13.2. The van der Waals surface area contributed by atoms with Gasteiger partial charge in [0.25, 0.3) is 0 Å². The van der Waals surface area contributed by atoms with Gasteiger partial charge in [0.1, 0.15) is 19.3 Å². The summed E-state index contributed by atoms with van der Waals surface area (Å²) >= 11 is 0. The van der Waals surface area contributed by atoms with Crippen molar-refractivity contribution in [2.24, 2.45) is 23.7 Å². The first-order valence-corrected chi connectivity index (χ1v) is 47.8. The van der Waals surface area contributed by atoms with Gasteiger partial charge < -0.3 is 33.8 Å². The van der Waals surface area contributed by atoms with E-state index in [2.05, 4.69) is 55.4 Å². The third-order valence-electron chi connectivity index (χ3n) is 21.0. The molecule has 0 aliphatic rings. The van der Waals surface area contributed by atoms with Crippen LogP contribution in [-0.2, 0) is 65.4 Å². The second kappa shape index (κ2) is 75.7. The van der Waals surface area contributed by atoms with Gasteiger partial charge in [0.2, 0.25) is 0 Å². The van der Waals surface area contributed by atoms with Gasteiger partial charge in [-0.15, -0.1) is 0 Å². The molecule has 0 heterocycles.